The van der Waals surface area contributed by atoms with Crippen LogP contribution in [0.3, 0.4) is 0 Å². The summed E-state index contributed by atoms with van der Waals surface area (Å²) in [5.41, 5.74) is 1.08. The zero-order valence-corrected chi connectivity index (χ0v) is 13.3. The molecule has 2 atom stereocenters. The van der Waals surface area contributed by atoms with Gasteiger partial charge in [-0.15, -0.1) is 0 Å². The molecule has 0 radical (unpaired) electrons. The second-order valence-electron chi connectivity index (χ2n) is 5.95. The molecular formula is C15H21N3O3S. The number of aromatic nitrogens is 1. The number of nitrogens with one attached hydrogen (secondary N) is 1. The summed E-state index contributed by atoms with van der Waals surface area (Å²) in [4.78, 5) is 18.2. The van der Waals surface area contributed by atoms with Crippen LogP contribution in [0.4, 0.5) is 4.79 Å². The van der Waals surface area contributed by atoms with Gasteiger partial charge in [0.1, 0.15) is 0 Å². The number of rotatable bonds is 3. The van der Waals surface area contributed by atoms with E-state index in [-0.39, 0.29) is 24.4 Å². The van der Waals surface area contributed by atoms with Gasteiger partial charge in [0.15, 0.2) is 9.84 Å². The molecule has 2 aliphatic heterocycles. The van der Waals surface area contributed by atoms with Gasteiger partial charge < -0.3 is 10.2 Å². The van der Waals surface area contributed by atoms with Gasteiger partial charge >= 0.3 is 6.03 Å². The third-order valence-corrected chi connectivity index (χ3v) is 6.82. The topological polar surface area (TPSA) is 79.4 Å². The molecule has 1 aromatic heterocycles. The number of pyridine rings is 1. The molecular weight excluding hydrogens is 302 g/mol. The van der Waals surface area contributed by atoms with Crippen molar-refractivity contribution in [3.63, 3.8) is 0 Å². The van der Waals surface area contributed by atoms with Crippen molar-refractivity contribution in [3.8, 4) is 0 Å². The van der Waals surface area contributed by atoms with Crippen molar-refractivity contribution < 1.29 is 13.2 Å². The average Bonchev–Trinajstić information content (AvgIpc) is 3.12. The predicted octanol–water partition coefficient (Wildman–Crippen LogP) is 1.51. The summed E-state index contributed by atoms with van der Waals surface area (Å²) in [5, 5.41) is 2.40. The normalized spacial score (nSPS) is 27.0. The molecule has 2 unspecified atom stereocenters. The molecule has 0 spiro atoms. The number of likely N-dealkylation sites (tertiary alicyclic amines) is 1. The highest BCUT2D eigenvalue weighted by Gasteiger charge is 2.34. The maximum Gasteiger partial charge on any atom is 0.317 e. The first kappa shape index (κ1) is 15.3. The summed E-state index contributed by atoms with van der Waals surface area (Å²) >= 11 is 0. The molecule has 6 nitrogen and oxygen atoms in total. The lowest BCUT2D eigenvalue weighted by molar-refractivity contribution is 0.193. The van der Waals surface area contributed by atoms with Crippen molar-refractivity contribution in [3.05, 3.63) is 30.1 Å². The van der Waals surface area contributed by atoms with Gasteiger partial charge in [0.2, 0.25) is 0 Å². The van der Waals surface area contributed by atoms with Gasteiger partial charge in [-0.2, -0.15) is 0 Å². The lowest BCUT2D eigenvalue weighted by Gasteiger charge is -2.25. The van der Waals surface area contributed by atoms with Crippen molar-refractivity contribution in [1.29, 1.82) is 0 Å². The van der Waals surface area contributed by atoms with E-state index in [1.54, 1.807) is 17.3 Å². The van der Waals surface area contributed by atoms with E-state index in [4.69, 9.17) is 0 Å². The molecule has 0 saturated carbocycles. The van der Waals surface area contributed by atoms with E-state index in [9.17, 15) is 13.2 Å². The van der Waals surface area contributed by atoms with E-state index in [1.165, 1.54) is 0 Å². The molecule has 3 rings (SSSR count). The fraction of sp³-hybridized carbons (Fsp3) is 0.600. The van der Waals surface area contributed by atoms with Crippen molar-refractivity contribution in [1.82, 2.24) is 15.2 Å². The van der Waals surface area contributed by atoms with Crippen LogP contribution in [0.25, 0.3) is 0 Å². The van der Waals surface area contributed by atoms with Crippen LogP contribution in [-0.2, 0) is 9.84 Å². The molecule has 2 aliphatic rings. The quantitative estimate of drug-likeness (QED) is 0.914. The van der Waals surface area contributed by atoms with E-state index < -0.39 is 15.1 Å². The number of carbonyl (C=O) groups excluding carboxylic acids is 1. The highest BCUT2D eigenvalue weighted by Crippen LogP contribution is 2.31. The number of hydrogen-bond acceptors (Lipinski definition) is 4. The fourth-order valence-corrected chi connectivity index (χ4v) is 5.10. The van der Waals surface area contributed by atoms with Crippen molar-refractivity contribution in [2.75, 3.05) is 18.8 Å². The summed E-state index contributed by atoms with van der Waals surface area (Å²) in [6, 6.07) is 3.75. The van der Waals surface area contributed by atoms with Crippen LogP contribution in [0, 0.1) is 0 Å². The highest BCUT2D eigenvalue weighted by molar-refractivity contribution is 7.92. The molecule has 22 heavy (non-hydrogen) atoms. The molecule has 0 aliphatic carbocycles. The van der Waals surface area contributed by atoms with E-state index >= 15 is 0 Å². The van der Waals surface area contributed by atoms with Crippen molar-refractivity contribution >= 4 is 15.9 Å². The number of sulfone groups is 1. The Labute approximate surface area is 130 Å². The van der Waals surface area contributed by atoms with Gasteiger partial charge in [0, 0.05) is 25.5 Å². The Kier molecular flexibility index (Phi) is 4.33. The standard InChI is InChI=1S/C15H21N3O3S/c19-15(17-11-13-3-2-10-22(13,20)21)18-9-1-4-14(18)12-5-7-16-8-6-12/h5-8,13-14H,1-4,9-11H2,(H,17,19). The number of hydrogen-bond donors (Lipinski definition) is 1. The second kappa shape index (κ2) is 6.24. The Morgan fingerprint density at radius 1 is 1.27 bits per heavy atom. The molecule has 0 aromatic carbocycles. The molecule has 3 heterocycles. The van der Waals surface area contributed by atoms with Gasteiger partial charge in [-0.3, -0.25) is 4.98 Å². The first-order valence-electron chi connectivity index (χ1n) is 7.74. The molecule has 2 fully saturated rings. The Bertz CT molecular complexity index is 633. The van der Waals surface area contributed by atoms with E-state index in [0.717, 1.165) is 18.4 Å². The van der Waals surface area contributed by atoms with Gasteiger partial charge in [-0.05, 0) is 43.4 Å². The summed E-state index contributed by atoms with van der Waals surface area (Å²) in [6.45, 7) is 0.928. The Morgan fingerprint density at radius 3 is 2.73 bits per heavy atom. The minimum atomic E-state index is -3.01. The van der Waals surface area contributed by atoms with Crippen LogP contribution in [-0.4, -0.2) is 48.4 Å². The van der Waals surface area contributed by atoms with Crippen LogP contribution in [0.1, 0.15) is 37.3 Å². The van der Waals surface area contributed by atoms with Crippen LogP contribution in [0.2, 0.25) is 0 Å². The smallest absolute Gasteiger partial charge is 0.317 e. The first-order valence-corrected chi connectivity index (χ1v) is 9.45. The number of carbonyl (C=O) groups is 1. The van der Waals surface area contributed by atoms with Crippen LogP contribution in [0.5, 0.6) is 0 Å². The molecule has 1 aromatic rings. The highest BCUT2D eigenvalue weighted by atomic mass is 32.2. The molecule has 2 saturated heterocycles. The van der Waals surface area contributed by atoms with Crippen LogP contribution >= 0.6 is 0 Å². The second-order valence-corrected chi connectivity index (χ2v) is 8.35. The molecule has 0 bridgehead atoms. The van der Waals surface area contributed by atoms with Gasteiger partial charge in [-0.1, -0.05) is 0 Å². The SMILES string of the molecule is O=C(NCC1CCCS1(=O)=O)N1CCCC1c1ccncc1. The van der Waals surface area contributed by atoms with Gasteiger partial charge in [-0.25, -0.2) is 13.2 Å². The van der Waals surface area contributed by atoms with E-state index in [2.05, 4.69) is 10.3 Å². The summed E-state index contributed by atoms with van der Waals surface area (Å²) in [6.07, 6.45) is 6.70. The number of urea groups is 1. The van der Waals surface area contributed by atoms with Gasteiger partial charge in [0.05, 0.1) is 17.0 Å². The predicted molar refractivity (Wildman–Crippen MR) is 83.1 cm³/mol. The largest absolute Gasteiger partial charge is 0.337 e. The van der Waals surface area contributed by atoms with E-state index in [1.807, 2.05) is 12.1 Å². The third kappa shape index (κ3) is 3.09. The lowest BCUT2D eigenvalue weighted by atomic mass is 10.1. The summed E-state index contributed by atoms with van der Waals surface area (Å²) in [5.74, 6) is 0.247. The fourth-order valence-electron chi connectivity index (χ4n) is 3.33. The summed E-state index contributed by atoms with van der Waals surface area (Å²) < 4.78 is 23.6. The lowest BCUT2D eigenvalue weighted by Crippen LogP contribution is -2.43. The van der Waals surface area contributed by atoms with Crippen molar-refractivity contribution in [2.45, 2.75) is 37.0 Å². The van der Waals surface area contributed by atoms with Gasteiger partial charge in [0.25, 0.3) is 0 Å². The zero-order chi connectivity index (χ0) is 15.6. The zero-order valence-electron chi connectivity index (χ0n) is 12.4. The third-order valence-electron chi connectivity index (χ3n) is 4.55. The molecule has 1 N–H and O–H groups in total. The minimum absolute atomic E-state index is 0.0585. The van der Waals surface area contributed by atoms with Crippen LogP contribution < -0.4 is 5.32 Å². The minimum Gasteiger partial charge on any atom is -0.337 e. The molecule has 120 valence electrons. The van der Waals surface area contributed by atoms with Crippen LogP contribution in [0.15, 0.2) is 24.5 Å². The molecule has 7 heteroatoms. The molecule has 2 amide bonds. The van der Waals surface area contributed by atoms with Crippen molar-refractivity contribution in [2.24, 2.45) is 0 Å². The number of amides is 2. The first-order chi connectivity index (χ1) is 10.6. The Hall–Kier alpha value is -1.63. The maximum absolute atomic E-state index is 12.4. The van der Waals surface area contributed by atoms with E-state index in [0.29, 0.717) is 19.4 Å². The average molecular weight is 323 g/mol. The number of nitrogens with zero attached hydrogens (tertiary/aromatic N) is 2. The summed E-state index contributed by atoms with van der Waals surface area (Å²) in [7, 11) is -3.01. The Balaban J connectivity index is 1.62. The monoisotopic (exact) mass is 323 g/mol. The maximum atomic E-state index is 12.4. The Morgan fingerprint density at radius 2 is 2.05 bits per heavy atom.